The van der Waals surface area contributed by atoms with Crippen molar-refractivity contribution in [3.63, 3.8) is 0 Å². The highest BCUT2D eigenvalue weighted by Gasteiger charge is 2.13. The Kier molecular flexibility index (Phi) is 7.81. The first-order valence-electron chi connectivity index (χ1n) is 11.3. The zero-order valence-electron chi connectivity index (χ0n) is 18.9. The van der Waals surface area contributed by atoms with Crippen molar-refractivity contribution in [1.29, 1.82) is 0 Å². The van der Waals surface area contributed by atoms with Crippen molar-refractivity contribution in [3.05, 3.63) is 71.3 Å². The second-order valence-electron chi connectivity index (χ2n) is 7.77. The summed E-state index contributed by atoms with van der Waals surface area (Å²) in [6.07, 6.45) is 5.75. The van der Waals surface area contributed by atoms with Crippen LogP contribution in [0.5, 0.6) is 17.2 Å². The van der Waals surface area contributed by atoms with Gasteiger partial charge >= 0.3 is 0 Å². The number of ether oxygens (including phenoxy) is 3. The van der Waals surface area contributed by atoms with Crippen molar-refractivity contribution in [2.75, 3.05) is 51.8 Å². The van der Waals surface area contributed by atoms with E-state index in [1.807, 2.05) is 42.5 Å². The van der Waals surface area contributed by atoms with Crippen LogP contribution >= 0.6 is 0 Å². The molecule has 2 aromatic carbocycles. The predicted molar refractivity (Wildman–Crippen MR) is 128 cm³/mol. The van der Waals surface area contributed by atoms with Crippen LogP contribution in [0, 0.1) is 0 Å². The van der Waals surface area contributed by atoms with E-state index in [1.165, 1.54) is 17.4 Å². The molecule has 8 nitrogen and oxygen atoms in total. The van der Waals surface area contributed by atoms with Crippen LogP contribution in [0.3, 0.4) is 0 Å². The maximum absolute atomic E-state index is 13.0. The minimum Gasteiger partial charge on any atom is -0.493 e. The number of aromatic nitrogens is 2. The van der Waals surface area contributed by atoms with Gasteiger partial charge in [0.25, 0.3) is 5.56 Å². The molecule has 2 heterocycles. The van der Waals surface area contributed by atoms with Crippen LogP contribution in [0.2, 0.25) is 0 Å². The third-order valence-electron chi connectivity index (χ3n) is 5.54. The zero-order valence-corrected chi connectivity index (χ0v) is 18.9. The minimum atomic E-state index is -0.248. The van der Waals surface area contributed by atoms with E-state index in [9.17, 15) is 4.79 Å². The SMILES string of the molecule is COc1cc(-n2ccnc(NCCOc3ccccc3)c2=O)ccc1OCCN1CCCC1. The molecule has 0 aliphatic carbocycles. The van der Waals surface area contributed by atoms with Gasteiger partial charge in [-0.15, -0.1) is 0 Å². The molecule has 0 spiro atoms. The fourth-order valence-corrected chi connectivity index (χ4v) is 3.81. The van der Waals surface area contributed by atoms with Crippen LogP contribution in [0.1, 0.15) is 12.8 Å². The summed E-state index contributed by atoms with van der Waals surface area (Å²) in [5.74, 6) is 2.30. The number of benzene rings is 2. The van der Waals surface area contributed by atoms with E-state index < -0.39 is 0 Å². The molecule has 3 aromatic rings. The molecule has 0 unspecified atom stereocenters. The van der Waals surface area contributed by atoms with Gasteiger partial charge < -0.3 is 19.5 Å². The normalized spacial score (nSPS) is 13.6. The fraction of sp³-hybridized carbons (Fsp3) is 0.360. The second-order valence-corrected chi connectivity index (χ2v) is 7.77. The average molecular weight is 451 g/mol. The van der Waals surface area contributed by atoms with Crippen molar-refractivity contribution in [3.8, 4) is 22.9 Å². The largest absolute Gasteiger partial charge is 0.493 e. The summed E-state index contributed by atoms with van der Waals surface area (Å²) in [7, 11) is 1.60. The highest BCUT2D eigenvalue weighted by Crippen LogP contribution is 2.29. The summed E-state index contributed by atoms with van der Waals surface area (Å²) in [5.41, 5.74) is 0.427. The fourth-order valence-electron chi connectivity index (χ4n) is 3.81. The van der Waals surface area contributed by atoms with Gasteiger partial charge in [0.1, 0.15) is 19.0 Å². The summed E-state index contributed by atoms with van der Waals surface area (Å²) in [5, 5.41) is 3.06. The van der Waals surface area contributed by atoms with Crippen LogP contribution in [0.4, 0.5) is 5.82 Å². The Hall–Kier alpha value is -3.52. The number of hydrogen-bond donors (Lipinski definition) is 1. The molecule has 1 aromatic heterocycles. The smallest absolute Gasteiger partial charge is 0.297 e. The van der Waals surface area contributed by atoms with Gasteiger partial charge in [0, 0.05) is 25.0 Å². The van der Waals surface area contributed by atoms with Crippen molar-refractivity contribution in [1.82, 2.24) is 14.5 Å². The third-order valence-corrected chi connectivity index (χ3v) is 5.54. The lowest BCUT2D eigenvalue weighted by atomic mass is 10.2. The standard InChI is InChI=1S/C25H30N4O4/c1-31-23-19-20(9-10-22(23)33-18-16-28-13-5-6-14-28)29-15-11-26-24(25(29)30)27-12-17-32-21-7-3-2-4-8-21/h2-4,7-11,15,19H,5-6,12-14,16-18H2,1H3,(H,26,27). The molecule has 33 heavy (non-hydrogen) atoms. The van der Waals surface area contributed by atoms with Crippen LogP contribution < -0.4 is 25.1 Å². The topological polar surface area (TPSA) is 77.8 Å². The Morgan fingerprint density at radius 3 is 2.61 bits per heavy atom. The molecule has 1 aliphatic heterocycles. The molecule has 1 saturated heterocycles. The summed E-state index contributed by atoms with van der Waals surface area (Å²) in [6, 6.07) is 15.0. The molecule has 174 valence electrons. The molecule has 4 rings (SSSR count). The highest BCUT2D eigenvalue weighted by molar-refractivity contribution is 5.49. The number of hydrogen-bond acceptors (Lipinski definition) is 7. The van der Waals surface area contributed by atoms with Crippen molar-refractivity contribution < 1.29 is 14.2 Å². The van der Waals surface area contributed by atoms with Gasteiger partial charge in [-0.05, 0) is 50.2 Å². The lowest BCUT2D eigenvalue weighted by molar-refractivity contribution is 0.230. The molecule has 0 saturated carbocycles. The predicted octanol–water partition coefficient (Wildman–Crippen LogP) is 3.21. The van der Waals surface area contributed by atoms with Gasteiger partial charge in [-0.1, -0.05) is 18.2 Å². The summed E-state index contributed by atoms with van der Waals surface area (Å²) in [6.45, 7) is 4.64. The molecule has 1 aliphatic rings. The van der Waals surface area contributed by atoms with Crippen LogP contribution in [-0.2, 0) is 0 Å². The van der Waals surface area contributed by atoms with E-state index in [-0.39, 0.29) is 11.4 Å². The number of anilines is 1. The summed E-state index contributed by atoms with van der Waals surface area (Å²) < 4.78 is 18.7. The Labute approximate surface area is 193 Å². The first-order valence-corrected chi connectivity index (χ1v) is 11.3. The minimum absolute atomic E-state index is 0.248. The van der Waals surface area contributed by atoms with Crippen LogP contribution in [0.25, 0.3) is 5.69 Å². The Morgan fingerprint density at radius 1 is 1.00 bits per heavy atom. The lowest BCUT2D eigenvalue weighted by Gasteiger charge is -2.17. The van der Waals surface area contributed by atoms with E-state index in [0.717, 1.165) is 25.4 Å². The van der Waals surface area contributed by atoms with E-state index in [2.05, 4.69) is 15.2 Å². The molecule has 0 radical (unpaired) electrons. The molecule has 0 bridgehead atoms. The summed E-state index contributed by atoms with van der Waals surface area (Å²) in [4.78, 5) is 19.5. The van der Waals surface area contributed by atoms with Gasteiger partial charge in [-0.3, -0.25) is 14.3 Å². The first kappa shape index (κ1) is 22.7. The molecule has 0 atom stereocenters. The second kappa shape index (κ2) is 11.4. The quantitative estimate of drug-likeness (QED) is 0.450. The lowest BCUT2D eigenvalue weighted by Crippen LogP contribution is -2.25. The van der Waals surface area contributed by atoms with Crippen molar-refractivity contribution in [2.24, 2.45) is 0 Å². The van der Waals surface area contributed by atoms with Crippen molar-refractivity contribution >= 4 is 5.82 Å². The van der Waals surface area contributed by atoms with Gasteiger partial charge in [-0.25, -0.2) is 4.98 Å². The molecule has 0 amide bonds. The molecule has 8 heteroatoms. The van der Waals surface area contributed by atoms with Gasteiger partial charge in [-0.2, -0.15) is 0 Å². The molecule has 1 fully saturated rings. The third kappa shape index (κ3) is 6.04. The summed E-state index contributed by atoms with van der Waals surface area (Å²) >= 11 is 0. The van der Waals surface area contributed by atoms with Gasteiger partial charge in [0.15, 0.2) is 17.3 Å². The molecular weight excluding hydrogens is 420 g/mol. The molecular formula is C25H30N4O4. The zero-order chi connectivity index (χ0) is 22.9. The van der Waals surface area contributed by atoms with E-state index in [1.54, 1.807) is 25.6 Å². The number of likely N-dealkylation sites (tertiary alicyclic amines) is 1. The maximum atomic E-state index is 13.0. The van der Waals surface area contributed by atoms with Crippen LogP contribution in [0.15, 0.2) is 65.7 Å². The van der Waals surface area contributed by atoms with E-state index in [4.69, 9.17) is 14.2 Å². The number of nitrogens with one attached hydrogen (secondary N) is 1. The first-order chi connectivity index (χ1) is 16.2. The monoisotopic (exact) mass is 450 g/mol. The van der Waals surface area contributed by atoms with Gasteiger partial charge in [0.05, 0.1) is 19.3 Å². The molecule has 1 N–H and O–H groups in total. The number of rotatable bonds is 11. The number of para-hydroxylation sites is 1. The Balaban J connectivity index is 1.38. The Morgan fingerprint density at radius 2 is 1.82 bits per heavy atom. The number of nitrogens with zero attached hydrogens (tertiary/aromatic N) is 3. The maximum Gasteiger partial charge on any atom is 0.297 e. The van der Waals surface area contributed by atoms with E-state index in [0.29, 0.717) is 36.9 Å². The van der Waals surface area contributed by atoms with Crippen LogP contribution in [-0.4, -0.2) is 61.0 Å². The van der Waals surface area contributed by atoms with Gasteiger partial charge in [0.2, 0.25) is 0 Å². The number of methoxy groups -OCH3 is 1. The Bertz CT molecular complexity index is 1080. The van der Waals surface area contributed by atoms with Crippen molar-refractivity contribution in [2.45, 2.75) is 12.8 Å². The highest BCUT2D eigenvalue weighted by atomic mass is 16.5. The van der Waals surface area contributed by atoms with E-state index >= 15 is 0 Å². The average Bonchev–Trinajstić information content (AvgIpc) is 3.37.